The zero-order valence-electron chi connectivity index (χ0n) is 9.69. The van der Waals surface area contributed by atoms with Crippen molar-refractivity contribution in [3.05, 3.63) is 23.8 Å². The second-order valence-corrected chi connectivity index (χ2v) is 3.54. The highest BCUT2D eigenvalue weighted by atomic mass is 35.5. The second-order valence-electron chi connectivity index (χ2n) is 3.54. The van der Waals surface area contributed by atoms with Crippen molar-refractivity contribution in [3.63, 3.8) is 0 Å². The minimum atomic E-state index is 0. The second kappa shape index (κ2) is 6.23. The molecular weight excluding hydrogens is 228 g/mol. The first-order chi connectivity index (χ1) is 7.04. The van der Waals surface area contributed by atoms with Gasteiger partial charge in [-0.15, -0.1) is 12.4 Å². The topological polar surface area (TPSA) is 55.6 Å². The highest BCUT2D eigenvalue weighted by molar-refractivity contribution is 5.85. The minimum absolute atomic E-state index is 0. The lowest BCUT2D eigenvalue weighted by Crippen LogP contribution is -2.23. The van der Waals surface area contributed by atoms with Crippen LogP contribution in [0.2, 0.25) is 0 Å². The molecule has 16 heavy (non-hydrogen) atoms. The number of hydrogen-bond acceptors (Lipinski definition) is 3. The molecule has 0 bridgehead atoms. The van der Waals surface area contributed by atoms with Crippen molar-refractivity contribution in [3.8, 4) is 5.75 Å². The number of nitrogens with zero attached hydrogens (tertiary/aromatic N) is 1. The summed E-state index contributed by atoms with van der Waals surface area (Å²) in [5.74, 6) is 0.721. The molecule has 1 aromatic carbocycles. The van der Waals surface area contributed by atoms with Crippen molar-refractivity contribution in [2.45, 2.75) is 6.42 Å². The number of anilines is 1. The smallest absolute Gasteiger partial charge is 0.226 e. The number of methoxy groups -OCH3 is 1. The Morgan fingerprint density at radius 1 is 1.44 bits per heavy atom. The third kappa shape index (κ3) is 3.62. The molecule has 0 aliphatic heterocycles. The lowest BCUT2D eigenvalue weighted by atomic mass is 10.1. The number of likely N-dealkylation sites (N-methyl/N-ethyl adjacent to an activating group) is 1. The van der Waals surface area contributed by atoms with Crippen LogP contribution in [0.1, 0.15) is 5.56 Å². The molecule has 4 nitrogen and oxygen atoms in total. The Bertz CT molecular complexity index is 367. The van der Waals surface area contributed by atoms with Crippen LogP contribution >= 0.6 is 12.4 Å². The highest BCUT2D eigenvalue weighted by Gasteiger charge is 2.10. The molecule has 0 unspecified atom stereocenters. The third-order valence-corrected chi connectivity index (χ3v) is 2.14. The van der Waals surface area contributed by atoms with Gasteiger partial charge >= 0.3 is 0 Å². The van der Waals surface area contributed by atoms with Crippen LogP contribution in [0.5, 0.6) is 5.75 Å². The molecule has 0 saturated heterocycles. The van der Waals surface area contributed by atoms with Crippen molar-refractivity contribution in [2.75, 3.05) is 26.9 Å². The SMILES string of the molecule is COc1ccc(N)cc1CC(=O)N(C)C.Cl. The first kappa shape index (κ1) is 14.6. The Morgan fingerprint density at radius 3 is 2.56 bits per heavy atom. The normalized spacial score (nSPS) is 9.19. The molecule has 0 heterocycles. The van der Waals surface area contributed by atoms with E-state index in [1.165, 1.54) is 0 Å². The van der Waals surface area contributed by atoms with Gasteiger partial charge in [0.05, 0.1) is 13.5 Å². The Hall–Kier alpha value is -1.42. The number of carbonyl (C=O) groups excluding carboxylic acids is 1. The zero-order valence-corrected chi connectivity index (χ0v) is 10.5. The first-order valence-electron chi connectivity index (χ1n) is 4.67. The van der Waals surface area contributed by atoms with E-state index in [9.17, 15) is 4.79 Å². The highest BCUT2D eigenvalue weighted by Crippen LogP contribution is 2.21. The van der Waals surface area contributed by atoms with Crippen molar-refractivity contribution in [1.82, 2.24) is 4.90 Å². The molecule has 0 saturated carbocycles. The molecule has 0 aliphatic rings. The van der Waals surface area contributed by atoms with E-state index in [0.717, 1.165) is 5.56 Å². The molecule has 2 N–H and O–H groups in total. The standard InChI is InChI=1S/C11H16N2O2.ClH/c1-13(2)11(14)7-8-6-9(12)4-5-10(8)15-3;/h4-6H,7,12H2,1-3H3;1H. The van der Waals surface area contributed by atoms with E-state index in [1.807, 2.05) is 0 Å². The molecule has 0 atom stereocenters. The Balaban J connectivity index is 0.00000225. The van der Waals surface area contributed by atoms with Crippen LogP contribution in [0.3, 0.4) is 0 Å². The zero-order chi connectivity index (χ0) is 11.4. The van der Waals surface area contributed by atoms with Crippen LogP contribution in [0, 0.1) is 0 Å². The number of rotatable bonds is 3. The summed E-state index contributed by atoms with van der Waals surface area (Å²) in [7, 11) is 5.03. The van der Waals surface area contributed by atoms with E-state index in [-0.39, 0.29) is 18.3 Å². The molecule has 1 aromatic rings. The van der Waals surface area contributed by atoms with Gasteiger partial charge < -0.3 is 15.4 Å². The maximum atomic E-state index is 11.5. The molecule has 90 valence electrons. The third-order valence-electron chi connectivity index (χ3n) is 2.14. The number of nitrogen functional groups attached to an aromatic ring is 1. The lowest BCUT2D eigenvalue weighted by Gasteiger charge is -2.12. The summed E-state index contributed by atoms with van der Waals surface area (Å²) < 4.78 is 5.15. The molecule has 5 heteroatoms. The van der Waals surface area contributed by atoms with Crippen LogP contribution in [-0.2, 0) is 11.2 Å². The number of hydrogen-bond donors (Lipinski definition) is 1. The van der Waals surface area contributed by atoms with E-state index in [2.05, 4.69) is 0 Å². The van der Waals surface area contributed by atoms with E-state index >= 15 is 0 Å². The predicted molar refractivity (Wildman–Crippen MR) is 67.1 cm³/mol. The molecule has 1 amide bonds. The Labute approximate surface area is 102 Å². The van der Waals surface area contributed by atoms with Crippen LogP contribution in [0.15, 0.2) is 18.2 Å². The van der Waals surface area contributed by atoms with Crippen LogP contribution < -0.4 is 10.5 Å². The summed E-state index contributed by atoms with van der Waals surface area (Å²) in [5, 5.41) is 0. The van der Waals surface area contributed by atoms with Gasteiger partial charge in [-0.2, -0.15) is 0 Å². The van der Waals surface area contributed by atoms with Crippen molar-refractivity contribution in [2.24, 2.45) is 0 Å². The molecular formula is C11H17ClN2O2. The van der Waals surface area contributed by atoms with Crippen molar-refractivity contribution in [1.29, 1.82) is 0 Å². The van der Waals surface area contributed by atoms with Gasteiger partial charge in [0.15, 0.2) is 0 Å². The van der Waals surface area contributed by atoms with Crippen LogP contribution in [-0.4, -0.2) is 32.0 Å². The minimum Gasteiger partial charge on any atom is -0.496 e. The van der Waals surface area contributed by atoms with Crippen LogP contribution in [0.4, 0.5) is 5.69 Å². The Morgan fingerprint density at radius 2 is 2.06 bits per heavy atom. The fraction of sp³-hybridized carbons (Fsp3) is 0.364. The van der Waals surface area contributed by atoms with Crippen molar-refractivity contribution >= 4 is 24.0 Å². The summed E-state index contributed by atoms with van der Waals surface area (Å²) in [4.78, 5) is 13.1. The first-order valence-corrected chi connectivity index (χ1v) is 4.67. The predicted octanol–water partition coefficient (Wildman–Crippen LogP) is 1.33. The summed E-state index contributed by atoms with van der Waals surface area (Å²) >= 11 is 0. The van der Waals surface area contributed by atoms with Gasteiger partial charge in [0.25, 0.3) is 0 Å². The van der Waals surface area contributed by atoms with E-state index < -0.39 is 0 Å². The number of carbonyl (C=O) groups is 1. The van der Waals surface area contributed by atoms with E-state index in [1.54, 1.807) is 44.3 Å². The number of ether oxygens (including phenoxy) is 1. The quantitative estimate of drug-likeness (QED) is 0.817. The largest absolute Gasteiger partial charge is 0.496 e. The van der Waals surface area contributed by atoms with Gasteiger partial charge in [0, 0.05) is 25.3 Å². The number of nitrogens with two attached hydrogens (primary N) is 1. The average Bonchev–Trinajstić information content (AvgIpc) is 2.18. The van der Waals surface area contributed by atoms with Gasteiger partial charge in [-0.3, -0.25) is 4.79 Å². The monoisotopic (exact) mass is 244 g/mol. The van der Waals surface area contributed by atoms with Gasteiger partial charge in [-0.25, -0.2) is 0 Å². The van der Waals surface area contributed by atoms with E-state index in [0.29, 0.717) is 17.9 Å². The number of halogens is 1. The molecule has 1 rings (SSSR count). The van der Waals surface area contributed by atoms with Gasteiger partial charge in [0.1, 0.15) is 5.75 Å². The average molecular weight is 245 g/mol. The number of benzene rings is 1. The summed E-state index contributed by atoms with van der Waals surface area (Å²) in [6.45, 7) is 0. The van der Waals surface area contributed by atoms with Gasteiger partial charge in [-0.1, -0.05) is 0 Å². The summed E-state index contributed by atoms with van der Waals surface area (Å²) in [5.41, 5.74) is 7.11. The van der Waals surface area contributed by atoms with Gasteiger partial charge in [0.2, 0.25) is 5.91 Å². The summed E-state index contributed by atoms with van der Waals surface area (Å²) in [6, 6.07) is 5.29. The summed E-state index contributed by atoms with van der Waals surface area (Å²) in [6.07, 6.45) is 0.307. The molecule has 0 fully saturated rings. The number of amides is 1. The maximum Gasteiger partial charge on any atom is 0.226 e. The molecule has 0 aliphatic carbocycles. The van der Waals surface area contributed by atoms with Crippen LogP contribution in [0.25, 0.3) is 0 Å². The molecule has 0 radical (unpaired) electrons. The molecule has 0 spiro atoms. The van der Waals surface area contributed by atoms with E-state index in [4.69, 9.17) is 10.5 Å². The maximum absolute atomic E-state index is 11.5. The fourth-order valence-corrected chi connectivity index (χ4v) is 1.26. The Kier molecular flexibility index (Phi) is 5.67. The fourth-order valence-electron chi connectivity index (χ4n) is 1.26. The molecule has 0 aromatic heterocycles. The van der Waals surface area contributed by atoms with Crippen molar-refractivity contribution < 1.29 is 9.53 Å². The van der Waals surface area contributed by atoms with Gasteiger partial charge in [-0.05, 0) is 18.2 Å². The lowest BCUT2D eigenvalue weighted by molar-refractivity contribution is -0.127.